The highest BCUT2D eigenvalue weighted by Gasteiger charge is 2.20. The molecule has 0 heterocycles. The van der Waals surface area contributed by atoms with Crippen molar-refractivity contribution in [2.45, 2.75) is 71.1 Å². The summed E-state index contributed by atoms with van der Waals surface area (Å²) in [5.41, 5.74) is 2.89. The number of allylic oxidation sites excluding steroid dienone is 2. The number of hydrogen-bond acceptors (Lipinski definition) is 1. The number of nitriles is 1. The van der Waals surface area contributed by atoms with Crippen molar-refractivity contribution < 1.29 is 4.39 Å². The molecule has 130 valence electrons. The van der Waals surface area contributed by atoms with Gasteiger partial charge in [0.05, 0.1) is 0 Å². The molecule has 0 saturated heterocycles. The third-order valence-corrected chi connectivity index (χ3v) is 5.31. The highest BCUT2D eigenvalue weighted by atomic mass is 19.1. The molecule has 0 aromatic heterocycles. The number of unbranched alkanes of at least 4 members (excludes halogenated alkanes) is 2. The molecule has 1 saturated carbocycles. The lowest BCUT2D eigenvalue weighted by molar-refractivity contribution is 0.294. The van der Waals surface area contributed by atoms with Gasteiger partial charge in [-0.2, -0.15) is 9.65 Å². The van der Waals surface area contributed by atoms with E-state index in [4.69, 9.17) is 5.26 Å². The SMILES string of the molecule is CCCCCc1ccc(CC[C@H]2CC[C@H](C=C(F)C#N)CC2)cc1. The Hall–Kier alpha value is -1.62. The van der Waals surface area contributed by atoms with E-state index < -0.39 is 5.83 Å². The highest BCUT2D eigenvalue weighted by Crippen LogP contribution is 2.33. The molecule has 1 nitrogen and oxygen atoms in total. The second-order valence-corrected chi connectivity index (χ2v) is 7.22. The molecule has 0 aliphatic heterocycles. The van der Waals surface area contributed by atoms with Crippen LogP contribution in [0.25, 0.3) is 0 Å². The molecule has 0 unspecified atom stereocenters. The molecular formula is C22H30FN. The van der Waals surface area contributed by atoms with E-state index in [1.165, 1.54) is 49.3 Å². The number of nitrogens with zero attached hydrogens (tertiary/aromatic N) is 1. The molecular weight excluding hydrogens is 297 g/mol. The number of rotatable bonds is 8. The molecule has 0 radical (unpaired) electrons. The van der Waals surface area contributed by atoms with Crippen LogP contribution in [0.3, 0.4) is 0 Å². The smallest absolute Gasteiger partial charge is 0.195 e. The van der Waals surface area contributed by atoms with Crippen molar-refractivity contribution in [3.8, 4) is 6.07 Å². The van der Waals surface area contributed by atoms with E-state index in [1.54, 1.807) is 6.07 Å². The van der Waals surface area contributed by atoms with Gasteiger partial charge in [0.15, 0.2) is 5.83 Å². The normalized spacial score (nSPS) is 21.5. The van der Waals surface area contributed by atoms with E-state index in [0.29, 0.717) is 0 Å². The van der Waals surface area contributed by atoms with Crippen LogP contribution < -0.4 is 0 Å². The second-order valence-electron chi connectivity index (χ2n) is 7.22. The minimum atomic E-state index is -0.613. The summed E-state index contributed by atoms with van der Waals surface area (Å²) in [6.45, 7) is 2.24. The predicted molar refractivity (Wildman–Crippen MR) is 98.2 cm³/mol. The lowest BCUT2D eigenvalue weighted by Crippen LogP contribution is -2.14. The average molecular weight is 327 g/mol. The molecule has 1 fully saturated rings. The lowest BCUT2D eigenvalue weighted by atomic mass is 9.79. The van der Waals surface area contributed by atoms with Crippen LogP contribution in [-0.2, 0) is 12.8 Å². The molecule has 2 heteroatoms. The largest absolute Gasteiger partial charge is 0.196 e. The molecule has 2 rings (SSSR count). The van der Waals surface area contributed by atoms with Crippen molar-refractivity contribution in [1.29, 1.82) is 5.26 Å². The van der Waals surface area contributed by atoms with E-state index >= 15 is 0 Å². The van der Waals surface area contributed by atoms with E-state index in [0.717, 1.165) is 38.0 Å². The first kappa shape index (κ1) is 18.7. The number of hydrogen-bond donors (Lipinski definition) is 0. The minimum absolute atomic E-state index is 0.267. The second kappa shape index (κ2) is 10.3. The van der Waals surface area contributed by atoms with Gasteiger partial charge in [-0.15, -0.1) is 0 Å². The van der Waals surface area contributed by atoms with Crippen molar-refractivity contribution in [3.05, 3.63) is 47.3 Å². The van der Waals surface area contributed by atoms with Gasteiger partial charge in [0.1, 0.15) is 6.07 Å². The Balaban J connectivity index is 1.70. The quantitative estimate of drug-likeness (QED) is 0.393. The fraction of sp³-hybridized carbons (Fsp3) is 0.591. The summed E-state index contributed by atoms with van der Waals surface area (Å²) in [6.07, 6.45) is 13.4. The zero-order chi connectivity index (χ0) is 17.2. The van der Waals surface area contributed by atoms with Crippen molar-refractivity contribution >= 4 is 0 Å². The molecule has 0 amide bonds. The van der Waals surface area contributed by atoms with Gasteiger partial charge in [0.2, 0.25) is 0 Å². The molecule has 1 aliphatic rings. The molecule has 0 spiro atoms. The Morgan fingerprint density at radius 2 is 1.71 bits per heavy atom. The van der Waals surface area contributed by atoms with Crippen molar-refractivity contribution in [2.24, 2.45) is 11.8 Å². The number of benzene rings is 1. The summed E-state index contributed by atoms with van der Waals surface area (Å²) < 4.78 is 13.0. The number of aryl methyl sites for hydroxylation is 2. The lowest BCUT2D eigenvalue weighted by Gasteiger charge is -2.26. The summed E-state index contributed by atoms with van der Waals surface area (Å²) in [6, 6.07) is 10.7. The van der Waals surface area contributed by atoms with Crippen LogP contribution >= 0.6 is 0 Å². The third-order valence-electron chi connectivity index (χ3n) is 5.31. The Morgan fingerprint density at radius 1 is 1.08 bits per heavy atom. The van der Waals surface area contributed by atoms with Crippen LogP contribution in [0.2, 0.25) is 0 Å². The van der Waals surface area contributed by atoms with Gasteiger partial charge < -0.3 is 0 Å². The molecule has 24 heavy (non-hydrogen) atoms. The van der Waals surface area contributed by atoms with Crippen LogP contribution in [0.4, 0.5) is 4.39 Å². The Morgan fingerprint density at radius 3 is 2.29 bits per heavy atom. The third kappa shape index (κ3) is 6.48. The van der Waals surface area contributed by atoms with Gasteiger partial charge in [0, 0.05) is 0 Å². The van der Waals surface area contributed by atoms with Gasteiger partial charge in [0.25, 0.3) is 0 Å². The standard InChI is InChI=1S/C22H30FN/c1-2-3-4-5-18-6-8-19(9-7-18)10-11-20-12-14-21(15-13-20)16-22(23)17-24/h6-9,16,20-21H,2-5,10-15H2,1H3/t20-,21-. The van der Waals surface area contributed by atoms with Crippen molar-refractivity contribution in [3.63, 3.8) is 0 Å². The summed E-state index contributed by atoms with van der Waals surface area (Å²) >= 11 is 0. The maximum Gasteiger partial charge on any atom is 0.196 e. The maximum absolute atomic E-state index is 13.0. The maximum atomic E-state index is 13.0. The topological polar surface area (TPSA) is 23.8 Å². The number of halogens is 1. The van der Waals surface area contributed by atoms with Gasteiger partial charge in [-0.25, -0.2) is 0 Å². The first-order valence-electron chi connectivity index (χ1n) is 9.56. The molecule has 1 aromatic carbocycles. The molecule has 0 N–H and O–H groups in total. The monoisotopic (exact) mass is 327 g/mol. The minimum Gasteiger partial charge on any atom is -0.195 e. The van der Waals surface area contributed by atoms with Crippen LogP contribution in [-0.4, -0.2) is 0 Å². The molecule has 1 aromatic rings. The zero-order valence-corrected chi connectivity index (χ0v) is 14.9. The Kier molecular flexibility index (Phi) is 8.02. The zero-order valence-electron chi connectivity index (χ0n) is 14.9. The molecule has 0 bridgehead atoms. The van der Waals surface area contributed by atoms with Crippen molar-refractivity contribution in [1.82, 2.24) is 0 Å². The molecule has 1 aliphatic carbocycles. The summed E-state index contributed by atoms with van der Waals surface area (Å²) in [4.78, 5) is 0. The highest BCUT2D eigenvalue weighted by molar-refractivity contribution is 5.22. The van der Waals surface area contributed by atoms with E-state index in [9.17, 15) is 4.39 Å². The Labute approximate surface area is 146 Å². The van der Waals surface area contributed by atoms with Gasteiger partial charge in [-0.1, -0.05) is 44.0 Å². The van der Waals surface area contributed by atoms with E-state index in [1.807, 2.05) is 0 Å². The van der Waals surface area contributed by atoms with Crippen LogP contribution in [0.5, 0.6) is 0 Å². The fourth-order valence-electron chi connectivity index (χ4n) is 3.71. The van der Waals surface area contributed by atoms with Crippen LogP contribution in [0, 0.1) is 23.2 Å². The van der Waals surface area contributed by atoms with Crippen LogP contribution in [0.1, 0.15) is 69.4 Å². The first-order valence-corrected chi connectivity index (χ1v) is 9.56. The van der Waals surface area contributed by atoms with Gasteiger partial charge >= 0.3 is 0 Å². The van der Waals surface area contributed by atoms with Crippen molar-refractivity contribution in [2.75, 3.05) is 0 Å². The average Bonchev–Trinajstić information content (AvgIpc) is 2.62. The first-order chi connectivity index (χ1) is 11.7. The Bertz CT molecular complexity index is 544. The summed E-state index contributed by atoms with van der Waals surface area (Å²) in [5.74, 6) is 0.407. The fourth-order valence-corrected chi connectivity index (χ4v) is 3.71. The summed E-state index contributed by atoms with van der Waals surface area (Å²) in [5, 5.41) is 8.51. The van der Waals surface area contributed by atoms with Crippen LogP contribution in [0.15, 0.2) is 36.2 Å². The van der Waals surface area contributed by atoms with E-state index in [-0.39, 0.29) is 5.92 Å². The predicted octanol–water partition coefficient (Wildman–Crippen LogP) is 6.54. The van der Waals surface area contributed by atoms with E-state index in [2.05, 4.69) is 31.2 Å². The van der Waals surface area contributed by atoms with Gasteiger partial charge in [-0.05, 0) is 80.4 Å². The summed E-state index contributed by atoms with van der Waals surface area (Å²) in [7, 11) is 0. The van der Waals surface area contributed by atoms with Gasteiger partial charge in [-0.3, -0.25) is 0 Å². The molecule has 0 atom stereocenters.